The fourth-order valence-corrected chi connectivity index (χ4v) is 3.75. The zero-order valence-corrected chi connectivity index (χ0v) is 18.8. The molecule has 2 amide bonds. The lowest BCUT2D eigenvalue weighted by molar-refractivity contribution is 0.222. The van der Waals surface area contributed by atoms with Gasteiger partial charge in [0.25, 0.3) is 0 Å². The van der Waals surface area contributed by atoms with Gasteiger partial charge in [-0.1, -0.05) is 30.3 Å². The largest absolute Gasteiger partial charge is 0.493 e. The van der Waals surface area contributed by atoms with Gasteiger partial charge in [-0.3, -0.25) is 4.99 Å². The molecule has 1 aliphatic carbocycles. The first kappa shape index (κ1) is 22.0. The van der Waals surface area contributed by atoms with Gasteiger partial charge in [0, 0.05) is 44.5 Å². The number of amides is 2. The number of benzene rings is 2. The van der Waals surface area contributed by atoms with Crippen LogP contribution >= 0.6 is 0 Å². The Morgan fingerprint density at radius 1 is 1.06 bits per heavy atom. The average Bonchev–Trinajstić information content (AvgIpc) is 3.48. The molecular formula is C25H33N5O2. The molecule has 2 aromatic rings. The number of carbonyl (C=O) groups excluding carboxylic acids is 1. The molecule has 2 fully saturated rings. The Kier molecular flexibility index (Phi) is 7.48. The van der Waals surface area contributed by atoms with Gasteiger partial charge in [-0.2, -0.15) is 0 Å². The summed E-state index contributed by atoms with van der Waals surface area (Å²) < 4.78 is 6.00. The van der Waals surface area contributed by atoms with Crippen molar-refractivity contribution in [3.63, 3.8) is 0 Å². The van der Waals surface area contributed by atoms with Gasteiger partial charge < -0.3 is 25.6 Å². The van der Waals surface area contributed by atoms with Crippen molar-refractivity contribution in [3.8, 4) is 5.75 Å². The number of hydrogen-bond donors (Lipinski definition) is 3. The maximum absolute atomic E-state index is 12.3. The molecule has 1 saturated carbocycles. The number of likely N-dealkylation sites (tertiary alicyclic amines) is 1. The van der Waals surface area contributed by atoms with Crippen molar-refractivity contribution in [2.75, 3.05) is 32.1 Å². The molecule has 1 aliphatic heterocycles. The second-order valence-corrected chi connectivity index (χ2v) is 8.47. The van der Waals surface area contributed by atoms with Crippen LogP contribution in [0.3, 0.4) is 0 Å². The molecule has 32 heavy (non-hydrogen) atoms. The minimum atomic E-state index is -0.0207. The van der Waals surface area contributed by atoms with Crippen LogP contribution in [0.5, 0.6) is 5.75 Å². The van der Waals surface area contributed by atoms with Gasteiger partial charge in [0.15, 0.2) is 5.96 Å². The van der Waals surface area contributed by atoms with Crippen LogP contribution in [0.4, 0.5) is 10.5 Å². The van der Waals surface area contributed by atoms with Crippen molar-refractivity contribution in [3.05, 3.63) is 59.7 Å². The van der Waals surface area contributed by atoms with Crippen molar-refractivity contribution in [1.29, 1.82) is 0 Å². The normalized spacial score (nSPS) is 16.0. The number of ether oxygens (including phenoxy) is 1. The highest BCUT2D eigenvalue weighted by molar-refractivity contribution is 5.89. The molecule has 4 rings (SSSR count). The van der Waals surface area contributed by atoms with Gasteiger partial charge in [-0.25, -0.2) is 4.79 Å². The van der Waals surface area contributed by atoms with Gasteiger partial charge in [-0.15, -0.1) is 0 Å². The number of urea groups is 1. The van der Waals surface area contributed by atoms with E-state index in [9.17, 15) is 4.79 Å². The first-order valence-corrected chi connectivity index (χ1v) is 11.5. The molecule has 1 heterocycles. The zero-order chi connectivity index (χ0) is 22.2. The number of para-hydroxylation sites is 1. The lowest BCUT2D eigenvalue weighted by Gasteiger charge is -2.17. The number of aliphatic imine (C=N–C) groups is 1. The summed E-state index contributed by atoms with van der Waals surface area (Å²) in [4.78, 5) is 18.5. The molecule has 0 bridgehead atoms. The molecule has 170 valence electrons. The summed E-state index contributed by atoms with van der Waals surface area (Å²) in [6.45, 7) is 3.71. The quantitative estimate of drug-likeness (QED) is 0.433. The summed E-state index contributed by atoms with van der Waals surface area (Å²) in [7, 11) is 1.76. The molecule has 0 atom stereocenters. The molecule has 1 saturated heterocycles. The van der Waals surface area contributed by atoms with E-state index < -0.39 is 0 Å². The predicted molar refractivity (Wildman–Crippen MR) is 128 cm³/mol. The molecule has 0 aromatic heterocycles. The van der Waals surface area contributed by atoms with E-state index in [0.29, 0.717) is 19.0 Å². The maximum atomic E-state index is 12.3. The number of nitrogens with zero attached hydrogens (tertiary/aromatic N) is 2. The number of rotatable bonds is 8. The Morgan fingerprint density at radius 3 is 2.62 bits per heavy atom. The molecule has 0 spiro atoms. The number of nitrogens with one attached hydrogen (secondary N) is 3. The SMILES string of the molecule is CN=C(NCc1cccc(NC(=O)N2CCCC2)c1)NCc1ccccc1OCC1CC1. The van der Waals surface area contributed by atoms with E-state index in [-0.39, 0.29) is 6.03 Å². The molecule has 3 N–H and O–H groups in total. The van der Waals surface area contributed by atoms with E-state index in [2.05, 4.69) is 27.0 Å². The second kappa shape index (κ2) is 10.9. The van der Waals surface area contributed by atoms with E-state index in [1.165, 1.54) is 12.8 Å². The van der Waals surface area contributed by atoms with E-state index in [4.69, 9.17) is 4.74 Å². The molecule has 2 aliphatic rings. The Hall–Kier alpha value is -3.22. The first-order chi connectivity index (χ1) is 15.7. The van der Waals surface area contributed by atoms with Crippen molar-refractivity contribution >= 4 is 17.7 Å². The summed E-state index contributed by atoms with van der Waals surface area (Å²) in [6.07, 6.45) is 4.72. The third-order valence-corrected chi connectivity index (χ3v) is 5.85. The minimum absolute atomic E-state index is 0.0207. The number of hydrogen-bond acceptors (Lipinski definition) is 3. The van der Waals surface area contributed by atoms with Crippen LogP contribution in [0.1, 0.15) is 36.8 Å². The smallest absolute Gasteiger partial charge is 0.321 e. The van der Waals surface area contributed by atoms with Crippen LogP contribution in [0.2, 0.25) is 0 Å². The average molecular weight is 436 g/mol. The van der Waals surface area contributed by atoms with Crippen LogP contribution < -0.4 is 20.7 Å². The third-order valence-electron chi connectivity index (χ3n) is 5.85. The van der Waals surface area contributed by atoms with Crippen molar-refractivity contribution in [1.82, 2.24) is 15.5 Å². The van der Waals surface area contributed by atoms with Crippen molar-refractivity contribution in [2.24, 2.45) is 10.9 Å². The Morgan fingerprint density at radius 2 is 1.84 bits per heavy atom. The van der Waals surface area contributed by atoms with Gasteiger partial charge in [0.1, 0.15) is 5.75 Å². The lowest BCUT2D eigenvalue weighted by Crippen LogP contribution is -2.36. The summed E-state index contributed by atoms with van der Waals surface area (Å²) in [5, 5.41) is 9.71. The fraction of sp³-hybridized carbons (Fsp3) is 0.440. The van der Waals surface area contributed by atoms with E-state index in [1.54, 1.807) is 7.05 Å². The van der Waals surface area contributed by atoms with Gasteiger partial charge in [-0.05, 0) is 55.4 Å². The van der Waals surface area contributed by atoms with Gasteiger partial charge in [0.05, 0.1) is 6.61 Å². The molecule has 0 radical (unpaired) electrons. The third kappa shape index (κ3) is 6.39. The van der Waals surface area contributed by atoms with Crippen molar-refractivity contribution in [2.45, 2.75) is 38.8 Å². The van der Waals surface area contributed by atoms with Crippen LogP contribution in [0.15, 0.2) is 53.5 Å². The highest BCUT2D eigenvalue weighted by Crippen LogP contribution is 2.30. The molecular weight excluding hydrogens is 402 g/mol. The summed E-state index contributed by atoms with van der Waals surface area (Å²) in [5.74, 6) is 2.37. The Bertz CT molecular complexity index is 935. The fourth-order valence-electron chi connectivity index (χ4n) is 3.75. The number of guanidine groups is 1. The Balaban J connectivity index is 1.27. The number of anilines is 1. The standard InChI is InChI=1S/C25H33N5O2/c1-26-24(28-17-21-8-2-3-10-23(21)32-18-19-11-12-19)27-16-20-7-6-9-22(15-20)29-25(31)30-13-4-5-14-30/h2-3,6-10,15,19H,4-5,11-14,16-18H2,1H3,(H,29,31)(H2,26,27,28). The van der Waals surface area contributed by atoms with E-state index in [1.807, 2.05) is 47.4 Å². The highest BCUT2D eigenvalue weighted by Gasteiger charge is 2.22. The summed E-state index contributed by atoms with van der Waals surface area (Å²) in [6, 6.07) is 16.0. The van der Waals surface area contributed by atoms with Crippen LogP contribution in [-0.2, 0) is 13.1 Å². The number of carbonyl (C=O) groups is 1. The zero-order valence-electron chi connectivity index (χ0n) is 18.8. The van der Waals surface area contributed by atoms with E-state index >= 15 is 0 Å². The highest BCUT2D eigenvalue weighted by atomic mass is 16.5. The van der Waals surface area contributed by atoms with Crippen LogP contribution in [-0.4, -0.2) is 43.6 Å². The van der Waals surface area contributed by atoms with E-state index in [0.717, 1.165) is 61.0 Å². The second-order valence-electron chi connectivity index (χ2n) is 8.47. The topological polar surface area (TPSA) is 78.0 Å². The lowest BCUT2D eigenvalue weighted by atomic mass is 10.2. The van der Waals surface area contributed by atoms with Crippen molar-refractivity contribution < 1.29 is 9.53 Å². The summed E-state index contributed by atoms with van der Waals surface area (Å²) >= 11 is 0. The van der Waals surface area contributed by atoms with Gasteiger partial charge in [0.2, 0.25) is 0 Å². The minimum Gasteiger partial charge on any atom is -0.493 e. The molecule has 7 nitrogen and oxygen atoms in total. The van der Waals surface area contributed by atoms with Crippen LogP contribution in [0.25, 0.3) is 0 Å². The molecule has 2 aromatic carbocycles. The molecule has 7 heteroatoms. The Labute approximate surface area is 190 Å². The predicted octanol–water partition coefficient (Wildman–Crippen LogP) is 3.97. The summed E-state index contributed by atoms with van der Waals surface area (Å²) in [5.41, 5.74) is 2.99. The van der Waals surface area contributed by atoms with Crippen LogP contribution in [0, 0.1) is 5.92 Å². The first-order valence-electron chi connectivity index (χ1n) is 11.5. The monoisotopic (exact) mass is 435 g/mol. The molecule has 0 unspecified atom stereocenters. The van der Waals surface area contributed by atoms with Gasteiger partial charge >= 0.3 is 6.03 Å². The maximum Gasteiger partial charge on any atom is 0.321 e.